The van der Waals surface area contributed by atoms with Crippen LogP contribution in [0, 0.1) is 0 Å². The van der Waals surface area contributed by atoms with Gasteiger partial charge in [0.05, 0.1) is 0 Å². The zero-order valence-electron chi connectivity index (χ0n) is 13.7. The zero-order valence-corrected chi connectivity index (χ0v) is 16.2. The smallest absolute Gasteiger partial charge is 0.282 e. The van der Waals surface area contributed by atoms with Gasteiger partial charge in [0.15, 0.2) is 0 Å². The van der Waals surface area contributed by atoms with Crippen molar-refractivity contribution in [3.05, 3.63) is 54.6 Å². The highest BCUT2D eigenvalue weighted by atomic mass is 32.2. The lowest BCUT2D eigenvalue weighted by Crippen LogP contribution is -2.11. The van der Waals surface area contributed by atoms with Crippen molar-refractivity contribution in [1.82, 2.24) is 0 Å². The van der Waals surface area contributed by atoms with E-state index in [1.807, 2.05) is 0 Å². The van der Waals surface area contributed by atoms with Gasteiger partial charge >= 0.3 is 0 Å². The molecule has 0 atom stereocenters. The quantitative estimate of drug-likeness (QED) is 0.512. The molecule has 0 radical (unpaired) electrons. The van der Waals surface area contributed by atoms with Gasteiger partial charge in [0.2, 0.25) is 0 Å². The largest absolute Gasteiger partial charge is 0.296 e. The van der Waals surface area contributed by atoms with Gasteiger partial charge in [-0.15, -0.1) is 0 Å². The minimum Gasteiger partial charge on any atom is -0.282 e. The summed E-state index contributed by atoms with van der Waals surface area (Å²) in [6, 6.07) is 11.4. The summed E-state index contributed by atoms with van der Waals surface area (Å²) in [5.41, 5.74) is -0.874. The van der Waals surface area contributed by atoms with Crippen LogP contribution >= 0.6 is 0 Å². The summed E-state index contributed by atoms with van der Waals surface area (Å²) in [5, 5.41) is 0.610. The Kier molecular flexibility index (Phi) is 4.82. The van der Waals surface area contributed by atoms with Crippen LogP contribution in [-0.4, -0.2) is 38.9 Å². The van der Waals surface area contributed by atoms with Crippen LogP contribution in [0.5, 0.6) is 0 Å². The Balaban J connectivity index is 2.66. The Bertz CT molecular complexity index is 1420. The van der Waals surface area contributed by atoms with Crippen molar-refractivity contribution in [1.29, 1.82) is 0 Å². The van der Waals surface area contributed by atoms with E-state index < -0.39 is 50.6 Å². The highest BCUT2D eigenvalue weighted by Crippen LogP contribution is 2.40. The Labute approximate surface area is 160 Å². The van der Waals surface area contributed by atoms with Gasteiger partial charge in [-0.25, -0.2) is 0 Å². The molecule has 0 aliphatic carbocycles. The van der Waals surface area contributed by atoms with Crippen LogP contribution in [0.1, 0.15) is 0 Å². The van der Waals surface area contributed by atoms with Gasteiger partial charge in [0.1, 0.15) is 14.7 Å². The molecule has 0 heterocycles. The maximum absolute atomic E-state index is 12.0. The zero-order chi connectivity index (χ0) is 20.9. The summed E-state index contributed by atoms with van der Waals surface area (Å²) < 4.78 is 99.6. The van der Waals surface area contributed by atoms with E-state index in [4.69, 9.17) is 0 Å². The van der Waals surface area contributed by atoms with Gasteiger partial charge in [-0.3, -0.25) is 13.7 Å². The molecule has 0 amide bonds. The SMILES string of the molecule is O=S(=O)(O)c1cccc(-c2c(S(=O)(=O)O)ccc3ccccc23)c1S(=O)(=O)O. The molecule has 3 aromatic rings. The van der Waals surface area contributed by atoms with Gasteiger partial charge in [0, 0.05) is 11.1 Å². The maximum Gasteiger partial charge on any atom is 0.296 e. The predicted octanol–water partition coefficient (Wildman–Crippen LogP) is 2.25. The Morgan fingerprint density at radius 2 is 1.18 bits per heavy atom. The van der Waals surface area contributed by atoms with E-state index >= 15 is 0 Å². The van der Waals surface area contributed by atoms with Crippen molar-refractivity contribution in [2.45, 2.75) is 14.7 Å². The van der Waals surface area contributed by atoms with Gasteiger partial charge in [0.25, 0.3) is 30.4 Å². The van der Waals surface area contributed by atoms with Crippen molar-refractivity contribution in [2.75, 3.05) is 0 Å². The lowest BCUT2D eigenvalue weighted by atomic mass is 9.98. The van der Waals surface area contributed by atoms with Crippen LogP contribution in [0.25, 0.3) is 21.9 Å². The molecule has 0 unspecified atom stereocenters. The molecule has 0 aliphatic rings. The first-order valence-electron chi connectivity index (χ1n) is 7.39. The second-order valence-corrected chi connectivity index (χ2v) is 9.86. The summed E-state index contributed by atoms with van der Waals surface area (Å²) in [4.78, 5) is -3.05. The lowest BCUT2D eigenvalue weighted by Gasteiger charge is -2.16. The van der Waals surface area contributed by atoms with Crippen LogP contribution in [0.15, 0.2) is 69.3 Å². The lowest BCUT2D eigenvalue weighted by molar-refractivity contribution is 0.467. The van der Waals surface area contributed by atoms with Gasteiger partial charge in [-0.05, 0) is 22.9 Å². The molecule has 0 saturated heterocycles. The van der Waals surface area contributed by atoms with E-state index in [-0.39, 0.29) is 10.9 Å². The highest BCUT2D eigenvalue weighted by molar-refractivity contribution is 7.89. The van der Waals surface area contributed by atoms with Crippen molar-refractivity contribution in [3.63, 3.8) is 0 Å². The summed E-state index contributed by atoms with van der Waals surface area (Å²) >= 11 is 0. The topological polar surface area (TPSA) is 163 Å². The predicted molar refractivity (Wildman–Crippen MR) is 98.8 cm³/mol. The standard InChI is InChI=1S/C16H12O9S3/c17-26(18,19)13-9-8-10-4-1-2-5-11(10)15(13)12-6-3-7-14(27(20,21)22)16(12)28(23,24)25/h1-9H,(H,17,18,19)(H,20,21,22)(H,23,24,25). The third kappa shape index (κ3) is 3.65. The molecule has 0 bridgehead atoms. The first-order chi connectivity index (χ1) is 12.8. The number of fused-ring (bicyclic) bond motifs is 1. The molecule has 3 aromatic carbocycles. The van der Waals surface area contributed by atoms with Gasteiger partial charge in [-0.1, -0.05) is 42.5 Å². The second kappa shape index (κ2) is 6.62. The average molecular weight is 444 g/mol. The summed E-state index contributed by atoms with van der Waals surface area (Å²) in [5.74, 6) is 0. The van der Waals surface area contributed by atoms with E-state index in [0.717, 1.165) is 24.3 Å². The van der Waals surface area contributed by atoms with Crippen LogP contribution in [0.3, 0.4) is 0 Å². The molecular weight excluding hydrogens is 432 g/mol. The van der Waals surface area contributed by atoms with Crippen LogP contribution < -0.4 is 0 Å². The first kappa shape index (κ1) is 20.4. The molecule has 0 saturated carbocycles. The van der Waals surface area contributed by atoms with Crippen molar-refractivity contribution in [3.8, 4) is 11.1 Å². The van der Waals surface area contributed by atoms with E-state index in [1.54, 1.807) is 12.1 Å². The molecule has 9 nitrogen and oxygen atoms in total. The Hall–Kier alpha value is -2.35. The number of benzene rings is 3. The number of rotatable bonds is 4. The minimum atomic E-state index is -5.24. The minimum absolute atomic E-state index is 0.162. The van der Waals surface area contributed by atoms with E-state index in [9.17, 15) is 38.9 Å². The molecule has 3 rings (SSSR count). The monoisotopic (exact) mass is 444 g/mol. The number of hydrogen-bond donors (Lipinski definition) is 3. The summed E-state index contributed by atoms with van der Waals surface area (Å²) in [7, 11) is -15.2. The Morgan fingerprint density at radius 1 is 0.571 bits per heavy atom. The molecule has 3 N–H and O–H groups in total. The molecule has 28 heavy (non-hydrogen) atoms. The molecule has 0 aliphatic heterocycles. The summed E-state index contributed by atoms with van der Waals surface area (Å²) in [6.45, 7) is 0. The maximum atomic E-state index is 12.0. The van der Waals surface area contributed by atoms with Gasteiger partial charge < -0.3 is 0 Å². The first-order valence-corrected chi connectivity index (χ1v) is 11.7. The fourth-order valence-electron chi connectivity index (χ4n) is 2.93. The van der Waals surface area contributed by atoms with Crippen LogP contribution in [-0.2, 0) is 30.4 Å². The normalized spacial score (nSPS) is 13.0. The van der Waals surface area contributed by atoms with Gasteiger partial charge in [-0.2, -0.15) is 25.3 Å². The molecule has 0 aromatic heterocycles. The molecule has 148 valence electrons. The molecule has 0 spiro atoms. The fraction of sp³-hybridized carbons (Fsp3) is 0. The van der Waals surface area contributed by atoms with E-state index in [0.29, 0.717) is 5.39 Å². The molecular formula is C16H12O9S3. The van der Waals surface area contributed by atoms with E-state index in [1.165, 1.54) is 18.2 Å². The number of hydrogen-bond acceptors (Lipinski definition) is 6. The highest BCUT2D eigenvalue weighted by Gasteiger charge is 2.31. The Morgan fingerprint density at radius 3 is 1.75 bits per heavy atom. The fourth-order valence-corrected chi connectivity index (χ4v) is 5.64. The van der Waals surface area contributed by atoms with Crippen LogP contribution in [0.4, 0.5) is 0 Å². The average Bonchev–Trinajstić information content (AvgIpc) is 2.57. The van der Waals surface area contributed by atoms with Crippen molar-refractivity contribution >= 4 is 41.1 Å². The molecule has 12 heteroatoms. The van der Waals surface area contributed by atoms with Crippen molar-refractivity contribution < 1.29 is 38.9 Å². The van der Waals surface area contributed by atoms with Crippen molar-refractivity contribution in [2.24, 2.45) is 0 Å². The third-order valence-corrected chi connectivity index (χ3v) is 6.83. The van der Waals surface area contributed by atoms with E-state index in [2.05, 4.69) is 0 Å². The second-order valence-electron chi connectivity index (χ2n) is 5.72. The molecule has 0 fully saturated rings. The third-order valence-electron chi connectivity index (χ3n) is 3.95. The summed E-state index contributed by atoms with van der Waals surface area (Å²) in [6.07, 6.45) is 0. The van der Waals surface area contributed by atoms with Crippen LogP contribution in [0.2, 0.25) is 0 Å².